The second-order valence-corrected chi connectivity index (χ2v) is 8.60. The summed E-state index contributed by atoms with van der Waals surface area (Å²) in [5.74, 6) is -0.428. The lowest BCUT2D eigenvalue weighted by atomic mass is 9.86. The number of nitrogens with one attached hydrogen (secondary N) is 2. The molecular weight excluding hydrogens is 407 g/mol. The summed E-state index contributed by atoms with van der Waals surface area (Å²) in [6, 6.07) is 8.12. The third kappa shape index (κ3) is 6.21. The Morgan fingerprint density at radius 2 is 1.84 bits per heavy atom. The third-order valence-corrected chi connectivity index (χ3v) is 5.82. The van der Waals surface area contributed by atoms with Crippen LogP contribution in [0.5, 0.6) is 0 Å². The van der Waals surface area contributed by atoms with Crippen molar-refractivity contribution in [2.45, 2.75) is 51.2 Å². The number of amides is 1. The van der Waals surface area contributed by atoms with Crippen molar-refractivity contribution in [3.63, 3.8) is 0 Å². The summed E-state index contributed by atoms with van der Waals surface area (Å²) in [5, 5.41) is 7.10. The van der Waals surface area contributed by atoms with Crippen LogP contribution in [-0.2, 0) is 4.79 Å². The van der Waals surface area contributed by atoms with Crippen LogP contribution < -0.4 is 15.5 Å². The summed E-state index contributed by atoms with van der Waals surface area (Å²) in [6.07, 6.45) is -1.28. The summed E-state index contributed by atoms with van der Waals surface area (Å²) >= 11 is 0. The van der Waals surface area contributed by atoms with Gasteiger partial charge in [-0.1, -0.05) is 19.1 Å². The Morgan fingerprint density at radius 1 is 1.16 bits per heavy atom. The molecule has 170 valence electrons. The van der Waals surface area contributed by atoms with Crippen molar-refractivity contribution in [3.05, 3.63) is 24.3 Å². The Bertz CT molecular complexity index is 894. The topological polar surface area (TPSA) is 70.2 Å². The maximum atomic E-state index is 12.6. The van der Waals surface area contributed by atoms with Gasteiger partial charge in [-0.05, 0) is 43.7 Å². The third-order valence-electron chi connectivity index (χ3n) is 5.82. The SMILES string of the molecule is CC(CC(=O)NCC1CCC(Nc2nc(N(C)C)c3ccccc3n2)CC1)C(F)(F)F. The highest BCUT2D eigenvalue weighted by Gasteiger charge is 2.37. The fraction of sp³-hybridized carbons (Fsp3) is 0.591. The number of nitrogens with zero attached hydrogens (tertiary/aromatic N) is 3. The van der Waals surface area contributed by atoms with Gasteiger partial charge in [-0.2, -0.15) is 18.2 Å². The van der Waals surface area contributed by atoms with Gasteiger partial charge < -0.3 is 15.5 Å². The zero-order chi connectivity index (χ0) is 22.6. The Morgan fingerprint density at radius 3 is 2.48 bits per heavy atom. The number of benzene rings is 1. The summed E-state index contributed by atoms with van der Waals surface area (Å²) in [7, 11) is 3.90. The number of halogens is 3. The number of fused-ring (bicyclic) bond motifs is 1. The normalized spacial score (nSPS) is 20.3. The molecule has 1 saturated carbocycles. The Balaban J connectivity index is 1.50. The van der Waals surface area contributed by atoms with Gasteiger partial charge in [0.15, 0.2) is 0 Å². The lowest BCUT2D eigenvalue weighted by Gasteiger charge is -2.29. The van der Waals surface area contributed by atoms with Crippen molar-refractivity contribution in [2.75, 3.05) is 30.9 Å². The van der Waals surface area contributed by atoms with Crippen LogP contribution in [0, 0.1) is 11.8 Å². The molecule has 1 atom stereocenters. The van der Waals surface area contributed by atoms with E-state index in [2.05, 4.69) is 20.6 Å². The molecular formula is C22H30F3N5O. The number of aromatic nitrogens is 2. The molecule has 0 aliphatic heterocycles. The van der Waals surface area contributed by atoms with Gasteiger partial charge in [-0.3, -0.25) is 4.79 Å². The number of anilines is 2. The van der Waals surface area contributed by atoms with Gasteiger partial charge in [-0.25, -0.2) is 4.98 Å². The van der Waals surface area contributed by atoms with Crippen molar-refractivity contribution < 1.29 is 18.0 Å². The van der Waals surface area contributed by atoms with Gasteiger partial charge in [0.2, 0.25) is 11.9 Å². The van der Waals surface area contributed by atoms with E-state index < -0.39 is 24.4 Å². The molecule has 0 saturated heterocycles. The minimum absolute atomic E-state index is 0.230. The van der Waals surface area contributed by atoms with Crippen LogP contribution >= 0.6 is 0 Å². The minimum atomic E-state index is -4.33. The molecule has 2 N–H and O–H groups in total. The monoisotopic (exact) mass is 437 g/mol. The van der Waals surface area contributed by atoms with E-state index in [4.69, 9.17) is 0 Å². The van der Waals surface area contributed by atoms with Gasteiger partial charge in [0.1, 0.15) is 5.82 Å². The van der Waals surface area contributed by atoms with Gasteiger partial charge in [-0.15, -0.1) is 0 Å². The number of rotatable bonds is 7. The molecule has 31 heavy (non-hydrogen) atoms. The van der Waals surface area contributed by atoms with E-state index in [1.54, 1.807) is 0 Å². The highest BCUT2D eigenvalue weighted by molar-refractivity contribution is 5.90. The second-order valence-electron chi connectivity index (χ2n) is 8.60. The molecule has 1 amide bonds. The number of alkyl halides is 3. The van der Waals surface area contributed by atoms with E-state index in [-0.39, 0.29) is 12.0 Å². The van der Waals surface area contributed by atoms with Crippen LogP contribution in [0.1, 0.15) is 39.0 Å². The van der Waals surface area contributed by atoms with Crippen LogP contribution in [0.2, 0.25) is 0 Å². The van der Waals surface area contributed by atoms with E-state index in [0.29, 0.717) is 12.5 Å². The van der Waals surface area contributed by atoms with Crippen LogP contribution in [0.4, 0.5) is 24.9 Å². The summed E-state index contributed by atoms with van der Waals surface area (Å²) in [6.45, 7) is 1.46. The maximum absolute atomic E-state index is 12.6. The first kappa shape index (κ1) is 23.1. The molecule has 1 fully saturated rings. The highest BCUT2D eigenvalue weighted by atomic mass is 19.4. The molecule has 1 aliphatic carbocycles. The molecule has 0 spiro atoms. The maximum Gasteiger partial charge on any atom is 0.392 e. The lowest BCUT2D eigenvalue weighted by molar-refractivity contribution is -0.174. The number of hydrogen-bond donors (Lipinski definition) is 2. The van der Waals surface area contributed by atoms with Gasteiger partial charge in [0.25, 0.3) is 0 Å². The highest BCUT2D eigenvalue weighted by Crippen LogP contribution is 2.29. The largest absolute Gasteiger partial charge is 0.392 e. The Hall–Kier alpha value is -2.58. The molecule has 3 rings (SSSR count). The van der Waals surface area contributed by atoms with Crippen LogP contribution in [0.15, 0.2) is 24.3 Å². The average molecular weight is 438 g/mol. The number of carbonyl (C=O) groups is 1. The zero-order valence-corrected chi connectivity index (χ0v) is 18.2. The first-order chi connectivity index (χ1) is 14.6. The molecule has 1 aliphatic rings. The smallest absolute Gasteiger partial charge is 0.362 e. The van der Waals surface area contributed by atoms with E-state index in [1.807, 2.05) is 43.3 Å². The molecule has 1 aromatic heterocycles. The Labute approximate surface area is 180 Å². The van der Waals surface area contributed by atoms with Crippen molar-refractivity contribution in [3.8, 4) is 0 Å². The van der Waals surface area contributed by atoms with Gasteiger partial charge in [0, 0.05) is 38.5 Å². The van der Waals surface area contributed by atoms with Crippen LogP contribution in [-0.4, -0.2) is 48.7 Å². The van der Waals surface area contributed by atoms with Gasteiger partial charge in [0.05, 0.1) is 11.4 Å². The van der Waals surface area contributed by atoms with Crippen LogP contribution in [0.25, 0.3) is 10.9 Å². The lowest BCUT2D eigenvalue weighted by Crippen LogP contribution is -2.36. The molecule has 0 bridgehead atoms. The number of para-hydroxylation sites is 1. The molecule has 2 aromatic rings. The van der Waals surface area contributed by atoms with E-state index in [9.17, 15) is 18.0 Å². The van der Waals surface area contributed by atoms with Crippen molar-refractivity contribution >= 4 is 28.6 Å². The van der Waals surface area contributed by atoms with Crippen molar-refractivity contribution in [2.24, 2.45) is 11.8 Å². The first-order valence-corrected chi connectivity index (χ1v) is 10.7. The fourth-order valence-corrected chi connectivity index (χ4v) is 3.88. The molecule has 1 unspecified atom stereocenters. The summed E-state index contributed by atoms with van der Waals surface area (Å²) < 4.78 is 37.7. The number of hydrogen-bond acceptors (Lipinski definition) is 5. The molecule has 1 aromatic carbocycles. The molecule has 6 nitrogen and oxygen atoms in total. The predicted octanol–water partition coefficient (Wildman–Crippen LogP) is 4.37. The van der Waals surface area contributed by atoms with E-state index in [0.717, 1.165) is 49.3 Å². The predicted molar refractivity (Wildman–Crippen MR) is 116 cm³/mol. The number of carbonyl (C=O) groups excluding carboxylic acids is 1. The molecule has 9 heteroatoms. The van der Waals surface area contributed by atoms with E-state index >= 15 is 0 Å². The van der Waals surface area contributed by atoms with Gasteiger partial charge >= 0.3 is 6.18 Å². The Kier molecular flexibility index (Phi) is 7.23. The second kappa shape index (κ2) is 9.70. The average Bonchev–Trinajstić information content (AvgIpc) is 2.72. The fourth-order valence-electron chi connectivity index (χ4n) is 3.88. The zero-order valence-electron chi connectivity index (χ0n) is 18.2. The molecule has 0 radical (unpaired) electrons. The summed E-state index contributed by atoms with van der Waals surface area (Å²) in [4.78, 5) is 23.1. The summed E-state index contributed by atoms with van der Waals surface area (Å²) in [5.41, 5.74) is 0.883. The first-order valence-electron chi connectivity index (χ1n) is 10.7. The van der Waals surface area contributed by atoms with Crippen LogP contribution in [0.3, 0.4) is 0 Å². The molecule has 1 heterocycles. The minimum Gasteiger partial charge on any atom is -0.362 e. The quantitative estimate of drug-likeness (QED) is 0.673. The van der Waals surface area contributed by atoms with E-state index in [1.165, 1.54) is 0 Å². The van der Waals surface area contributed by atoms with Crippen molar-refractivity contribution in [1.29, 1.82) is 0 Å². The standard InChI is InChI=1S/C22H30F3N5O/c1-14(22(23,24)25)12-19(31)26-13-15-8-10-16(11-9-15)27-21-28-18-7-5-4-6-17(18)20(29-21)30(2)3/h4-7,14-16H,8-13H2,1-3H3,(H,26,31)(H,27,28,29). The van der Waals surface area contributed by atoms with Crippen molar-refractivity contribution in [1.82, 2.24) is 15.3 Å².